The molecular weight excluding hydrogens is 268 g/mol. The molecule has 0 unspecified atom stereocenters. The van der Waals surface area contributed by atoms with Gasteiger partial charge in [0.1, 0.15) is 0 Å². The lowest BCUT2D eigenvalue weighted by Gasteiger charge is -2.25. The summed E-state index contributed by atoms with van der Waals surface area (Å²) in [6.07, 6.45) is 1.30. The quantitative estimate of drug-likeness (QED) is 0.835. The summed E-state index contributed by atoms with van der Waals surface area (Å²) in [6, 6.07) is 9.46. The molecule has 21 heavy (non-hydrogen) atoms. The van der Waals surface area contributed by atoms with Crippen molar-refractivity contribution in [3.63, 3.8) is 0 Å². The van der Waals surface area contributed by atoms with Crippen molar-refractivity contribution in [1.82, 2.24) is 9.80 Å². The van der Waals surface area contributed by atoms with Crippen LogP contribution in [0.4, 0.5) is 0 Å². The number of carbonyl (C=O) groups excluding carboxylic acids is 2. The van der Waals surface area contributed by atoms with Gasteiger partial charge in [-0.3, -0.25) is 9.59 Å². The molecule has 1 aromatic carbocycles. The average Bonchev–Trinajstić information content (AvgIpc) is 3.04. The Morgan fingerprint density at radius 1 is 1.29 bits per heavy atom. The second kappa shape index (κ2) is 5.85. The number of hydrogen-bond acceptors (Lipinski definition) is 3. The largest absolute Gasteiger partial charge is 0.383 e. The van der Waals surface area contributed by atoms with E-state index in [2.05, 4.69) is 0 Å². The first-order chi connectivity index (χ1) is 10.2. The molecule has 5 nitrogen and oxygen atoms in total. The lowest BCUT2D eigenvalue weighted by Crippen LogP contribution is -2.40. The van der Waals surface area contributed by atoms with E-state index < -0.39 is 0 Å². The fraction of sp³-hybridized carbons (Fsp3) is 0.500. The maximum absolute atomic E-state index is 12.6. The predicted octanol–water partition coefficient (Wildman–Crippen LogP) is 1.15. The highest BCUT2D eigenvalue weighted by Gasteiger charge is 2.48. The summed E-state index contributed by atoms with van der Waals surface area (Å²) >= 11 is 0. The molecule has 0 aromatic heterocycles. The van der Waals surface area contributed by atoms with Gasteiger partial charge >= 0.3 is 0 Å². The summed E-state index contributed by atoms with van der Waals surface area (Å²) in [4.78, 5) is 28.5. The lowest BCUT2D eigenvalue weighted by atomic mass is 10.1. The molecule has 1 aromatic rings. The van der Waals surface area contributed by atoms with E-state index in [9.17, 15) is 9.59 Å². The molecule has 2 amide bonds. The van der Waals surface area contributed by atoms with Gasteiger partial charge in [0.25, 0.3) is 5.91 Å². The first-order valence-electron chi connectivity index (χ1n) is 7.37. The van der Waals surface area contributed by atoms with E-state index >= 15 is 0 Å². The second-order valence-electron chi connectivity index (χ2n) is 5.57. The highest BCUT2D eigenvalue weighted by molar-refractivity contribution is 5.95. The SMILES string of the molecule is COCCN1C(=O)C[C@@H]2[C@H]1CCN2C(=O)c1ccccc1. The van der Waals surface area contributed by atoms with Crippen LogP contribution in [0.15, 0.2) is 30.3 Å². The van der Waals surface area contributed by atoms with Crippen LogP contribution in [0.25, 0.3) is 0 Å². The van der Waals surface area contributed by atoms with E-state index in [4.69, 9.17) is 4.74 Å². The number of fused-ring (bicyclic) bond motifs is 1. The molecule has 5 heteroatoms. The number of rotatable bonds is 4. The Balaban J connectivity index is 1.74. The van der Waals surface area contributed by atoms with Crippen molar-refractivity contribution in [2.45, 2.75) is 24.9 Å². The molecule has 2 heterocycles. The Bertz CT molecular complexity index is 532. The molecule has 0 N–H and O–H groups in total. The van der Waals surface area contributed by atoms with E-state index in [1.807, 2.05) is 40.1 Å². The number of hydrogen-bond donors (Lipinski definition) is 0. The average molecular weight is 288 g/mol. The van der Waals surface area contributed by atoms with Crippen molar-refractivity contribution in [3.05, 3.63) is 35.9 Å². The normalized spacial score (nSPS) is 24.5. The smallest absolute Gasteiger partial charge is 0.254 e. The number of carbonyl (C=O) groups is 2. The zero-order valence-corrected chi connectivity index (χ0v) is 12.2. The molecule has 2 atom stereocenters. The molecule has 0 spiro atoms. The summed E-state index contributed by atoms with van der Waals surface area (Å²) in [5, 5.41) is 0. The van der Waals surface area contributed by atoms with Crippen LogP contribution in [0.3, 0.4) is 0 Å². The minimum Gasteiger partial charge on any atom is -0.383 e. The number of ether oxygens (including phenoxy) is 1. The standard InChI is InChI=1S/C16H20N2O3/c1-21-10-9-17-13-7-8-18(14(13)11-15(17)19)16(20)12-5-3-2-4-6-12/h2-6,13-14H,7-11H2,1H3/t13-,14-/m1/s1. The fourth-order valence-electron chi connectivity index (χ4n) is 3.41. The Labute approximate surface area is 124 Å². The summed E-state index contributed by atoms with van der Waals surface area (Å²) in [6.45, 7) is 1.88. The van der Waals surface area contributed by atoms with E-state index in [-0.39, 0.29) is 23.9 Å². The number of benzene rings is 1. The van der Waals surface area contributed by atoms with Crippen LogP contribution in [-0.2, 0) is 9.53 Å². The van der Waals surface area contributed by atoms with Gasteiger partial charge in [-0.05, 0) is 18.6 Å². The molecule has 0 saturated carbocycles. The molecular formula is C16H20N2O3. The summed E-state index contributed by atoms with van der Waals surface area (Å²) in [7, 11) is 1.64. The van der Waals surface area contributed by atoms with E-state index in [1.54, 1.807) is 7.11 Å². The molecule has 3 rings (SSSR count). The first kappa shape index (κ1) is 14.1. The minimum atomic E-state index is 0.0158. The Hall–Kier alpha value is -1.88. The van der Waals surface area contributed by atoms with Crippen LogP contribution in [0.5, 0.6) is 0 Å². The summed E-state index contributed by atoms with van der Waals surface area (Å²) < 4.78 is 5.07. The van der Waals surface area contributed by atoms with Crippen LogP contribution >= 0.6 is 0 Å². The van der Waals surface area contributed by atoms with Gasteiger partial charge in [-0.1, -0.05) is 18.2 Å². The third-order valence-corrected chi connectivity index (χ3v) is 4.43. The molecule has 2 saturated heterocycles. The fourth-order valence-corrected chi connectivity index (χ4v) is 3.41. The molecule has 0 aliphatic carbocycles. The number of nitrogens with zero attached hydrogens (tertiary/aromatic N) is 2. The summed E-state index contributed by atoms with van der Waals surface area (Å²) in [5.74, 6) is 0.164. The van der Waals surface area contributed by atoms with Crippen LogP contribution in [0, 0.1) is 0 Å². The van der Waals surface area contributed by atoms with Gasteiger partial charge in [0, 0.05) is 32.2 Å². The summed E-state index contributed by atoms with van der Waals surface area (Å²) in [5.41, 5.74) is 0.695. The minimum absolute atomic E-state index is 0.0158. The van der Waals surface area contributed by atoms with Gasteiger partial charge in [0.15, 0.2) is 0 Å². The topological polar surface area (TPSA) is 49.9 Å². The van der Waals surface area contributed by atoms with Gasteiger partial charge in [0.05, 0.1) is 18.7 Å². The third kappa shape index (κ3) is 2.53. The van der Waals surface area contributed by atoms with Crippen molar-refractivity contribution < 1.29 is 14.3 Å². The van der Waals surface area contributed by atoms with Crippen LogP contribution in [-0.4, -0.2) is 60.5 Å². The first-order valence-corrected chi connectivity index (χ1v) is 7.37. The molecule has 2 aliphatic heterocycles. The highest BCUT2D eigenvalue weighted by atomic mass is 16.5. The molecule has 0 bridgehead atoms. The lowest BCUT2D eigenvalue weighted by molar-refractivity contribution is -0.129. The van der Waals surface area contributed by atoms with Gasteiger partial charge < -0.3 is 14.5 Å². The van der Waals surface area contributed by atoms with Crippen molar-refractivity contribution in [2.24, 2.45) is 0 Å². The van der Waals surface area contributed by atoms with Gasteiger partial charge in [0.2, 0.25) is 5.91 Å². The Morgan fingerprint density at radius 2 is 2.05 bits per heavy atom. The van der Waals surface area contributed by atoms with Crippen LogP contribution in [0.1, 0.15) is 23.2 Å². The predicted molar refractivity (Wildman–Crippen MR) is 77.9 cm³/mol. The number of likely N-dealkylation sites (tertiary alicyclic amines) is 2. The zero-order chi connectivity index (χ0) is 14.8. The van der Waals surface area contributed by atoms with Crippen LogP contribution < -0.4 is 0 Å². The van der Waals surface area contributed by atoms with Crippen molar-refractivity contribution in [3.8, 4) is 0 Å². The third-order valence-electron chi connectivity index (χ3n) is 4.43. The van der Waals surface area contributed by atoms with Gasteiger partial charge in [-0.2, -0.15) is 0 Å². The van der Waals surface area contributed by atoms with E-state index in [0.29, 0.717) is 25.1 Å². The van der Waals surface area contributed by atoms with E-state index in [0.717, 1.165) is 13.0 Å². The zero-order valence-electron chi connectivity index (χ0n) is 12.2. The molecule has 112 valence electrons. The highest BCUT2D eigenvalue weighted by Crippen LogP contribution is 2.33. The van der Waals surface area contributed by atoms with Gasteiger partial charge in [-0.25, -0.2) is 0 Å². The Kier molecular flexibility index (Phi) is 3.92. The number of amides is 2. The van der Waals surface area contributed by atoms with Gasteiger partial charge in [-0.15, -0.1) is 0 Å². The molecule has 0 radical (unpaired) electrons. The van der Waals surface area contributed by atoms with Crippen molar-refractivity contribution in [2.75, 3.05) is 26.8 Å². The maximum atomic E-state index is 12.6. The van der Waals surface area contributed by atoms with Crippen molar-refractivity contribution >= 4 is 11.8 Å². The Morgan fingerprint density at radius 3 is 2.76 bits per heavy atom. The second-order valence-corrected chi connectivity index (χ2v) is 5.57. The number of methoxy groups -OCH3 is 1. The molecule has 2 aliphatic rings. The van der Waals surface area contributed by atoms with E-state index in [1.165, 1.54) is 0 Å². The maximum Gasteiger partial charge on any atom is 0.254 e. The van der Waals surface area contributed by atoms with Crippen LogP contribution in [0.2, 0.25) is 0 Å². The van der Waals surface area contributed by atoms with Crippen molar-refractivity contribution in [1.29, 1.82) is 0 Å². The monoisotopic (exact) mass is 288 g/mol. The molecule has 2 fully saturated rings.